The van der Waals surface area contributed by atoms with E-state index in [0.717, 1.165) is 5.56 Å². The van der Waals surface area contributed by atoms with E-state index in [-0.39, 0.29) is 11.4 Å². The molecule has 0 saturated heterocycles. The Morgan fingerprint density at radius 2 is 1.89 bits per heavy atom. The molecule has 0 spiro atoms. The van der Waals surface area contributed by atoms with Gasteiger partial charge in [0.2, 0.25) is 0 Å². The summed E-state index contributed by atoms with van der Waals surface area (Å²) in [6.07, 6.45) is 4.86. The number of pyridine rings is 1. The molecule has 0 bridgehead atoms. The van der Waals surface area contributed by atoms with E-state index < -0.39 is 5.97 Å². The van der Waals surface area contributed by atoms with Crippen molar-refractivity contribution in [3.63, 3.8) is 0 Å². The fourth-order valence-electron chi connectivity index (χ4n) is 1.43. The van der Waals surface area contributed by atoms with Gasteiger partial charge in [-0.2, -0.15) is 0 Å². The van der Waals surface area contributed by atoms with Gasteiger partial charge in [-0.1, -0.05) is 18.2 Å². The van der Waals surface area contributed by atoms with Gasteiger partial charge < -0.3 is 5.11 Å². The molecule has 18 heavy (non-hydrogen) atoms. The molecule has 0 unspecified atom stereocenters. The van der Waals surface area contributed by atoms with Crippen molar-refractivity contribution in [2.75, 3.05) is 0 Å². The summed E-state index contributed by atoms with van der Waals surface area (Å²) >= 11 is 0. The van der Waals surface area contributed by atoms with Gasteiger partial charge in [-0.3, -0.25) is 4.98 Å². The van der Waals surface area contributed by atoms with E-state index >= 15 is 0 Å². The van der Waals surface area contributed by atoms with Crippen LogP contribution in [-0.2, 0) is 0 Å². The molecule has 4 heteroatoms. The van der Waals surface area contributed by atoms with Crippen LogP contribution in [0.15, 0.2) is 42.6 Å². The highest BCUT2D eigenvalue weighted by molar-refractivity contribution is 5.88. The van der Waals surface area contributed by atoms with Crippen molar-refractivity contribution in [2.24, 2.45) is 0 Å². The summed E-state index contributed by atoms with van der Waals surface area (Å²) in [5, 5.41) is 8.83. The SMILES string of the molecule is O=C(O)c1ccnc(/C=C/c2ccc(F)cc2)c1. The topological polar surface area (TPSA) is 50.2 Å². The highest BCUT2D eigenvalue weighted by Gasteiger charge is 2.01. The second-order valence-corrected chi connectivity index (χ2v) is 3.66. The van der Waals surface area contributed by atoms with E-state index in [0.29, 0.717) is 5.69 Å². The van der Waals surface area contributed by atoms with Gasteiger partial charge in [0.05, 0.1) is 11.3 Å². The lowest BCUT2D eigenvalue weighted by Crippen LogP contribution is -1.96. The maximum Gasteiger partial charge on any atom is 0.335 e. The molecule has 0 aliphatic rings. The van der Waals surface area contributed by atoms with Crippen molar-refractivity contribution in [1.29, 1.82) is 0 Å². The molecule has 0 saturated carbocycles. The molecule has 1 aromatic carbocycles. The first kappa shape index (κ1) is 12.0. The van der Waals surface area contributed by atoms with Crippen LogP contribution < -0.4 is 0 Å². The number of carboxylic acids is 1. The number of aromatic carboxylic acids is 1. The molecule has 0 aliphatic carbocycles. The van der Waals surface area contributed by atoms with Crippen molar-refractivity contribution in [2.45, 2.75) is 0 Å². The molecule has 0 fully saturated rings. The van der Waals surface area contributed by atoms with Crippen LogP contribution in [0.1, 0.15) is 21.6 Å². The van der Waals surface area contributed by atoms with Crippen molar-refractivity contribution < 1.29 is 14.3 Å². The highest BCUT2D eigenvalue weighted by Crippen LogP contribution is 2.09. The Hall–Kier alpha value is -2.49. The molecule has 2 rings (SSSR count). The van der Waals surface area contributed by atoms with Gasteiger partial charge in [-0.15, -0.1) is 0 Å². The van der Waals surface area contributed by atoms with Crippen molar-refractivity contribution in [1.82, 2.24) is 4.98 Å². The quantitative estimate of drug-likeness (QED) is 0.901. The van der Waals surface area contributed by atoms with Crippen LogP contribution in [-0.4, -0.2) is 16.1 Å². The summed E-state index contributed by atoms with van der Waals surface area (Å²) in [6.45, 7) is 0. The maximum atomic E-state index is 12.7. The predicted octanol–water partition coefficient (Wildman–Crippen LogP) is 3.09. The molecular formula is C14H10FNO2. The van der Waals surface area contributed by atoms with E-state index in [1.807, 2.05) is 0 Å². The van der Waals surface area contributed by atoms with Gasteiger partial charge in [0.1, 0.15) is 5.82 Å². The summed E-state index contributed by atoms with van der Waals surface area (Å²) in [4.78, 5) is 14.8. The Labute approximate surface area is 103 Å². The minimum atomic E-state index is -0.992. The average Bonchev–Trinajstić information content (AvgIpc) is 2.38. The summed E-state index contributed by atoms with van der Waals surface area (Å²) in [5.41, 5.74) is 1.54. The minimum Gasteiger partial charge on any atom is -0.478 e. The van der Waals surface area contributed by atoms with E-state index in [1.54, 1.807) is 24.3 Å². The van der Waals surface area contributed by atoms with E-state index in [4.69, 9.17) is 5.11 Å². The largest absolute Gasteiger partial charge is 0.478 e. The number of carbonyl (C=O) groups is 1. The van der Waals surface area contributed by atoms with Crippen LogP contribution in [0.5, 0.6) is 0 Å². The molecule has 3 nitrogen and oxygen atoms in total. The lowest BCUT2D eigenvalue weighted by atomic mass is 10.1. The lowest BCUT2D eigenvalue weighted by Gasteiger charge is -1.96. The number of carboxylic acid groups (broad SMARTS) is 1. The Morgan fingerprint density at radius 3 is 2.56 bits per heavy atom. The number of benzene rings is 1. The number of nitrogens with zero attached hydrogens (tertiary/aromatic N) is 1. The Morgan fingerprint density at radius 1 is 1.17 bits per heavy atom. The minimum absolute atomic E-state index is 0.184. The van der Waals surface area contributed by atoms with Crippen LogP contribution in [0.3, 0.4) is 0 Å². The smallest absolute Gasteiger partial charge is 0.335 e. The Kier molecular flexibility index (Phi) is 3.48. The third-order valence-electron chi connectivity index (χ3n) is 2.34. The Bertz CT molecular complexity index is 591. The zero-order valence-electron chi connectivity index (χ0n) is 9.38. The zero-order valence-corrected chi connectivity index (χ0v) is 9.38. The summed E-state index contributed by atoms with van der Waals surface area (Å²) in [6, 6.07) is 8.89. The fraction of sp³-hybridized carbons (Fsp3) is 0. The average molecular weight is 243 g/mol. The standard InChI is InChI=1S/C14H10FNO2/c15-12-4-1-10(2-5-12)3-6-13-9-11(14(17)18)7-8-16-13/h1-9H,(H,17,18)/b6-3+. The van der Waals surface area contributed by atoms with Crippen molar-refractivity contribution in [3.05, 3.63) is 65.2 Å². The van der Waals surface area contributed by atoms with E-state index in [1.165, 1.54) is 30.5 Å². The van der Waals surface area contributed by atoms with Crippen LogP contribution in [0.25, 0.3) is 12.2 Å². The summed E-state index contributed by atoms with van der Waals surface area (Å²) in [5.74, 6) is -1.29. The molecule has 2 aromatic rings. The third kappa shape index (κ3) is 3.01. The number of aromatic nitrogens is 1. The summed E-state index contributed by atoms with van der Waals surface area (Å²) < 4.78 is 12.7. The predicted molar refractivity (Wildman–Crippen MR) is 66.5 cm³/mol. The second kappa shape index (κ2) is 5.23. The molecule has 1 heterocycles. The number of rotatable bonds is 3. The molecule has 1 aromatic heterocycles. The maximum absolute atomic E-state index is 12.7. The van der Waals surface area contributed by atoms with Crippen molar-refractivity contribution in [3.8, 4) is 0 Å². The van der Waals surface area contributed by atoms with Gasteiger partial charge in [-0.05, 0) is 35.9 Å². The number of halogens is 1. The normalized spacial score (nSPS) is 10.7. The first-order valence-electron chi connectivity index (χ1n) is 5.28. The zero-order chi connectivity index (χ0) is 13.0. The Balaban J connectivity index is 2.20. The van der Waals surface area contributed by atoms with Crippen molar-refractivity contribution >= 4 is 18.1 Å². The molecule has 0 aliphatic heterocycles. The molecular weight excluding hydrogens is 233 g/mol. The monoisotopic (exact) mass is 243 g/mol. The molecule has 0 atom stereocenters. The number of hydrogen-bond donors (Lipinski definition) is 1. The van der Waals surface area contributed by atoms with Crippen LogP contribution >= 0.6 is 0 Å². The van der Waals surface area contributed by atoms with Gasteiger partial charge in [0.15, 0.2) is 0 Å². The van der Waals surface area contributed by atoms with Gasteiger partial charge in [0, 0.05) is 6.20 Å². The first-order chi connectivity index (χ1) is 8.65. The van der Waals surface area contributed by atoms with E-state index in [2.05, 4.69) is 4.98 Å². The van der Waals surface area contributed by atoms with E-state index in [9.17, 15) is 9.18 Å². The molecule has 1 N–H and O–H groups in total. The summed E-state index contributed by atoms with van der Waals surface area (Å²) in [7, 11) is 0. The number of hydrogen-bond acceptors (Lipinski definition) is 2. The third-order valence-corrected chi connectivity index (χ3v) is 2.34. The van der Waals surface area contributed by atoms with Gasteiger partial charge in [0.25, 0.3) is 0 Å². The fourth-order valence-corrected chi connectivity index (χ4v) is 1.43. The highest BCUT2D eigenvalue weighted by atomic mass is 19.1. The first-order valence-corrected chi connectivity index (χ1v) is 5.28. The second-order valence-electron chi connectivity index (χ2n) is 3.66. The van der Waals surface area contributed by atoms with Crippen LogP contribution in [0.4, 0.5) is 4.39 Å². The molecule has 0 amide bonds. The molecule has 90 valence electrons. The van der Waals surface area contributed by atoms with Gasteiger partial charge in [-0.25, -0.2) is 9.18 Å². The van der Waals surface area contributed by atoms with Gasteiger partial charge >= 0.3 is 5.97 Å². The van der Waals surface area contributed by atoms with Crippen LogP contribution in [0.2, 0.25) is 0 Å². The lowest BCUT2D eigenvalue weighted by molar-refractivity contribution is 0.0696. The molecule has 0 radical (unpaired) electrons. The van der Waals surface area contributed by atoms with Crippen LogP contribution in [0, 0.1) is 5.82 Å².